The minimum Gasteiger partial charge on any atom is -0.342 e. The van der Waals surface area contributed by atoms with E-state index in [2.05, 4.69) is 0 Å². The monoisotopic (exact) mass is 236 g/mol. The van der Waals surface area contributed by atoms with Crippen LogP contribution in [0.4, 0.5) is 0 Å². The zero-order valence-electron chi connectivity index (χ0n) is 11.0. The molecule has 4 nitrogen and oxygen atoms in total. The highest BCUT2D eigenvalue weighted by Gasteiger charge is 2.14. The minimum absolute atomic E-state index is 0.0919. The van der Waals surface area contributed by atoms with Gasteiger partial charge in [0.15, 0.2) is 6.29 Å². The Morgan fingerprint density at radius 3 is 2.35 bits per heavy atom. The second-order valence-electron chi connectivity index (χ2n) is 4.10. The first-order valence-corrected chi connectivity index (χ1v) is 5.94. The lowest BCUT2D eigenvalue weighted by atomic mass is 10.3. The molecule has 0 radical (unpaired) electrons. The van der Waals surface area contributed by atoms with Gasteiger partial charge in [0.2, 0.25) is 5.91 Å². The zero-order chi connectivity index (χ0) is 13.0. The van der Waals surface area contributed by atoms with Crippen molar-refractivity contribution >= 4 is 12.2 Å². The molecule has 0 saturated carbocycles. The van der Waals surface area contributed by atoms with Crippen molar-refractivity contribution in [3.63, 3.8) is 0 Å². The third-order valence-electron chi connectivity index (χ3n) is 3.15. The van der Waals surface area contributed by atoms with Gasteiger partial charge in [0, 0.05) is 30.0 Å². The van der Waals surface area contributed by atoms with Crippen LogP contribution in [-0.2, 0) is 11.3 Å². The molecule has 94 valence electrons. The summed E-state index contributed by atoms with van der Waals surface area (Å²) in [4.78, 5) is 24.6. The van der Waals surface area contributed by atoms with Gasteiger partial charge in [-0.05, 0) is 33.8 Å². The van der Waals surface area contributed by atoms with Crippen molar-refractivity contribution in [1.82, 2.24) is 9.47 Å². The quantitative estimate of drug-likeness (QED) is 0.731. The van der Waals surface area contributed by atoms with Crippen LogP contribution < -0.4 is 0 Å². The topological polar surface area (TPSA) is 42.3 Å². The van der Waals surface area contributed by atoms with E-state index >= 15 is 0 Å². The average Bonchev–Trinajstić information content (AvgIpc) is 2.58. The molecule has 1 heterocycles. The van der Waals surface area contributed by atoms with Crippen molar-refractivity contribution in [1.29, 1.82) is 0 Å². The molecule has 1 aromatic rings. The molecule has 1 amide bonds. The molecule has 4 heteroatoms. The van der Waals surface area contributed by atoms with Crippen LogP contribution >= 0.6 is 0 Å². The maximum Gasteiger partial charge on any atom is 0.242 e. The molecular formula is C13H20N2O2. The standard InChI is InChI=1S/C13H20N2O2/c1-5-14(6-2)13(17)8-15-10(3)7-12(9-16)11(15)4/h7,9H,5-6,8H2,1-4H3. The van der Waals surface area contributed by atoms with Gasteiger partial charge in [-0.1, -0.05) is 0 Å². The Balaban J connectivity index is 2.92. The number of aldehydes is 1. The Kier molecular flexibility index (Phi) is 4.49. The maximum atomic E-state index is 12.0. The number of aryl methyl sites for hydroxylation is 1. The number of likely N-dealkylation sites (N-methyl/N-ethyl adjacent to an activating group) is 1. The van der Waals surface area contributed by atoms with E-state index in [1.165, 1.54) is 0 Å². The summed E-state index contributed by atoms with van der Waals surface area (Å²) in [5.41, 5.74) is 2.47. The van der Waals surface area contributed by atoms with Gasteiger partial charge in [-0.3, -0.25) is 9.59 Å². The number of rotatable bonds is 5. The van der Waals surface area contributed by atoms with Crippen molar-refractivity contribution in [2.75, 3.05) is 13.1 Å². The average molecular weight is 236 g/mol. The fourth-order valence-electron chi connectivity index (χ4n) is 2.00. The summed E-state index contributed by atoms with van der Waals surface area (Å²) in [6.45, 7) is 9.46. The summed E-state index contributed by atoms with van der Waals surface area (Å²) in [7, 11) is 0. The molecule has 0 bridgehead atoms. The fraction of sp³-hybridized carbons (Fsp3) is 0.538. The highest BCUT2D eigenvalue weighted by atomic mass is 16.2. The Morgan fingerprint density at radius 1 is 1.35 bits per heavy atom. The van der Waals surface area contributed by atoms with Gasteiger partial charge in [0.05, 0.1) is 0 Å². The molecular weight excluding hydrogens is 216 g/mol. The number of amides is 1. The first-order chi connectivity index (χ1) is 8.04. The molecule has 1 rings (SSSR count). The third kappa shape index (κ3) is 2.75. The maximum absolute atomic E-state index is 12.0. The first kappa shape index (κ1) is 13.5. The predicted molar refractivity (Wildman–Crippen MR) is 67.2 cm³/mol. The van der Waals surface area contributed by atoms with E-state index in [4.69, 9.17) is 0 Å². The van der Waals surface area contributed by atoms with Crippen molar-refractivity contribution in [2.24, 2.45) is 0 Å². The van der Waals surface area contributed by atoms with E-state index in [-0.39, 0.29) is 5.91 Å². The van der Waals surface area contributed by atoms with Crippen molar-refractivity contribution in [3.05, 3.63) is 23.0 Å². The molecule has 0 saturated heterocycles. The highest BCUT2D eigenvalue weighted by Crippen LogP contribution is 2.13. The Bertz CT molecular complexity index is 417. The van der Waals surface area contributed by atoms with Crippen molar-refractivity contribution < 1.29 is 9.59 Å². The lowest BCUT2D eigenvalue weighted by Gasteiger charge is -2.20. The summed E-state index contributed by atoms with van der Waals surface area (Å²) in [6.07, 6.45) is 0.834. The number of nitrogens with zero attached hydrogens (tertiary/aromatic N) is 2. The predicted octanol–water partition coefficient (Wildman–Crippen LogP) is 1.79. The lowest BCUT2D eigenvalue weighted by molar-refractivity contribution is -0.131. The largest absolute Gasteiger partial charge is 0.342 e. The smallest absolute Gasteiger partial charge is 0.242 e. The first-order valence-electron chi connectivity index (χ1n) is 5.94. The summed E-state index contributed by atoms with van der Waals surface area (Å²) in [6, 6.07) is 1.82. The number of carbonyl (C=O) groups is 2. The third-order valence-corrected chi connectivity index (χ3v) is 3.15. The van der Waals surface area contributed by atoms with E-state index in [1.54, 1.807) is 4.90 Å². The molecule has 0 N–H and O–H groups in total. The van der Waals surface area contributed by atoms with E-state index < -0.39 is 0 Å². The van der Waals surface area contributed by atoms with Gasteiger partial charge in [-0.15, -0.1) is 0 Å². The Labute approximate surface area is 102 Å². The van der Waals surface area contributed by atoms with Gasteiger partial charge in [0.25, 0.3) is 0 Å². The Morgan fingerprint density at radius 2 is 1.94 bits per heavy atom. The molecule has 0 spiro atoms. The molecule has 17 heavy (non-hydrogen) atoms. The molecule has 0 aliphatic rings. The molecule has 0 aliphatic carbocycles. The van der Waals surface area contributed by atoms with Crippen LogP contribution in [0.3, 0.4) is 0 Å². The number of aromatic nitrogens is 1. The summed E-state index contributed by atoms with van der Waals surface area (Å²) in [5, 5.41) is 0. The lowest BCUT2D eigenvalue weighted by Crippen LogP contribution is -2.33. The highest BCUT2D eigenvalue weighted by molar-refractivity contribution is 5.79. The summed E-state index contributed by atoms with van der Waals surface area (Å²) < 4.78 is 1.89. The van der Waals surface area contributed by atoms with Crippen molar-refractivity contribution in [3.8, 4) is 0 Å². The second kappa shape index (κ2) is 5.66. The number of hydrogen-bond donors (Lipinski definition) is 0. The van der Waals surface area contributed by atoms with Crippen LogP contribution in [-0.4, -0.2) is 34.7 Å². The van der Waals surface area contributed by atoms with Gasteiger partial charge in [-0.2, -0.15) is 0 Å². The molecule has 0 atom stereocenters. The summed E-state index contributed by atoms with van der Waals surface area (Å²) >= 11 is 0. The molecule has 0 aromatic carbocycles. The zero-order valence-corrected chi connectivity index (χ0v) is 11.0. The minimum atomic E-state index is 0.0919. The van der Waals surface area contributed by atoms with E-state index in [0.717, 1.165) is 30.8 Å². The Hall–Kier alpha value is -1.58. The summed E-state index contributed by atoms with van der Waals surface area (Å²) in [5.74, 6) is 0.0919. The van der Waals surface area contributed by atoms with E-state index in [0.29, 0.717) is 12.1 Å². The van der Waals surface area contributed by atoms with Crippen LogP contribution in [0.25, 0.3) is 0 Å². The van der Waals surface area contributed by atoms with E-state index in [9.17, 15) is 9.59 Å². The number of hydrogen-bond acceptors (Lipinski definition) is 2. The molecule has 0 aliphatic heterocycles. The van der Waals surface area contributed by atoms with Gasteiger partial charge in [-0.25, -0.2) is 0 Å². The van der Waals surface area contributed by atoms with E-state index in [1.807, 2.05) is 38.3 Å². The SMILES string of the molecule is CCN(CC)C(=O)Cn1c(C)cc(C=O)c1C. The molecule has 1 aromatic heterocycles. The van der Waals surface area contributed by atoms with Gasteiger partial charge >= 0.3 is 0 Å². The number of carbonyl (C=O) groups excluding carboxylic acids is 2. The normalized spacial score (nSPS) is 10.4. The van der Waals surface area contributed by atoms with Gasteiger partial charge in [0.1, 0.15) is 6.54 Å². The van der Waals surface area contributed by atoms with Crippen LogP contribution in [0.15, 0.2) is 6.07 Å². The van der Waals surface area contributed by atoms with Gasteiger partial charge < -0.3 is 9.47 Å². The molecule has 0 unspecified atom stereocenters. The van der Waals surface area contributed by atoms with Crippen LogP contribution in [0.5, 0.6) is 0 Å². The van der Waals surface area contributed by atoms with Crippen molar-refractivity contribution in [2.45, 2.75) is 34.2 Å². The van der Waals surface area contributed by atoms with Crippen LogP contribution in [0.2, 0.25) is 0 Å². The van der Waals surface area contributed by atoms with Crippen LogP contribution in [0, 0.1) is 13.8 Å². The second-order valence-corrected chi connectivity index (χ2v) is 4.10. The fourth-order valence-corrected chi connectivity index (χ4v) is 2.00. The van der Waals surface area contributed by atoms with Crippen LogP contribution in [0.1, 0.15) is 35.6 Å². The molecule has 0 fully saturated rings.